The molecule has 1 heterocycles. The van der Waals surface area contributed by atoms with Gasteiger partial charge in [0, 0.05) is 38.8 Å². The maximum absolute atomic E-state index is 8.57. The summed E-state index contributed by atoms with van der Waals surface area (Å²) in [5.74, 6) is 0. The Kier molecular flexibility index (Phi) is 6.12. The van der Waals surface area contributed by atoms with Crippen LogP contribution in [0.3, 0.4) is 0 Å². The molecule has 1 aliphatic rings. The van der Waals surface area contributed by atoms with Gasteiger partial charge >= 0.3 is 0 Å². The van der Waals surface area contributed by atoms with Gasteiger partial charge in [-0.2, -0.15) is 0 Å². The van der Waals surface area contributed by atoms with E-state index in [0.29, 0.717) is 25.8 Å². The van der Waals surface area contributed by atoms with Gasteiger partial charge in [0.25, 0.3) is 0 Å². The van der Waals surface area contributed by atoms with Crippen LogP contribution in [0, 0.1) is 0 Å². The van der Waals surface area contributed by atoms with E-state index in [1.807, 2.05) is 0 Å². The third-order valence-corrected chi connectivity index (χ3v) is 2.84. The highest BCUT2D eigenvalue weighted by molar-refractivity contribution is 4.81. The van der Waals surface area contributed by atoms with Gasteiger partial charge in [0.1, 0.15) is 0 Å². The molecular weight excluding hydrogens is 194 g/mol. The number of ether oxygens (including phenoxy) is 1. The third-order valence-electron chi connectivity index (χ3n) is 2.84. The van der Waals surface area contributed by atoms with Gasteiger partial charge in [-0.3, -0.25) is 4.90 Å². The number of aliphatic hydroxyl groups excluding tert-OH is 1. The molecule has 5 nitrogen and oxygen atoms in total. The van der Waals surface area contributed by atoms with Crippen molar-refractivity contribution >= 4 is 0 Å². The maximum Gasteiger partial charge on any atom is 0.0698 e. The molecule has 3 N–H and O–H groups in total. The number of nitrogens with zero attached hydrogens (tertiary/aromatic N) is 2. The predicted molar refractivity (Wildman–Crippen MR) is 59.8 cm³/mol. The summed E-state index contributed by atoms with van der Waals surface area (Å²) in [5, 5.41) is 8.57. The van der Waals surface area contributed by atoms with Gasteiger partial charge in [-0.05, 0) is 7.05 Å². The van der Waals surface area contributed by atoms with Crippen LogP contribution >= 0.6 is 0 Å². The van der Waals surface area contributed by atoms with Crippen LogP contribution in [0.4, 0.5) is 0 Å². The fourth-order valence-corrected chi connectivity index (χ4v) is 1.91. The first-order valence-electron chi connectivity index (χ1n) is 5.59. The first kappa shape index (κ1) is 12.9. The number of rotatable bonds is 6. The Morgan fingerprint density at radius 1 is 1.40 bits per heavy atom. The van der Waals surface area contributed by atoms with Crippen molar-refractivity contribution in [3.63, 3.8) is 0 Å². The zero-order chi connectivity index (χ0) is 11.1. The molecule has 0 spiro atoms. The molecule has 0 bridgehead atoms. The number of hydrogen-bond donors (Lipinski definition) is 2. The highest BCUT2D eigenvalue weighted by atomic mass is 16.5. The normalized spacial score (nSPS) is 24.6. The van der Waals surface area contributed by atoms with Crippen LogP contribution < -0.4 is 5.73 Å². The first-order valence-corrected chi connectivity index (χ1v) is 5.59. The zero-order valence-corrected chi connectivity index (χ0v) is 9.56. The van der Waals surface area contributed by atoms with Crippen LogP contribution in [-0.4, -0.2) is 80.5 Å². The van der Waals surface area contributed by atoms with Gasteiger partial charge in [-0.25, -0.2) is 0 Å². The van der Waals surface area contributed by atoms with E-state index in [-0.39, 0.29) is 6.61 Å². The molecule has 90 valence electrons. The molecule has 0 aliphatic carbocycles. The van der Waals surface area contributed by atoms with Crippen LogP contribution in [0.1, 0.15) is 0 Å². The van der Waals surface area contributed by atoms with E-state index in [4.69, 9.17) is 15.6 Å². The van der Waals surface area contributed by atoms with Crippen molar-refractivity contribution in [1.82, 2.24) is 9.80 Å². The summed E-state index contributed by atoms with van der Waals surface area (Å²) < 4.78 is 5.26. The monoisotopic (exact) mass is 217 g/mol. The van der Waals surface area contributed by atoms with Crippen molar-refractivity contribution in [2.24, 2.45) is 5.73 Å². The van der Waals surface area contributed by atoms with E-state index in [2.05, 4.69) is 16.8 Å². The third kappa shape index (κ3) is 4.44. The molecule has 1 aliphatic heterocycles. The lowest BCUT2D eigenvalue weighted by molar-refractivity contribution is 0.0395. The number of nitrogens with two attached hydrogens (primary N) is 1. The quantitative estimate of drug-likeness (QED) is 0.534. The first-order chi connectivity index (χ1) is 7.27. The molecule has 1 unspecified atom stereocenters. The van der Waals surface area contributed by atoms with Crippen LogP contribution in [0.25, 0.3) is 0 Å². The van der Waals surface area contributed by atoms with E-state index in [1.54, 1.807) is 0 Å². The highest BCUT2D eigenvalue weighted by Crippen LogP contribution is 2.06. The molecule has 1 rings (SSSR count). The number of likely N-dealkylation sites (N-methyl/N-ethyl adjacent to an activating group) is 1. The minimum atomic E-state index is 0.100. The Labute approximate surface area is 91.8 Å². The predicted octanol–water partition coefficient (Wildman–Crippen LogP) is -1.43. The summed E-state index contributed by atoms with van der Waals surface area (Å²) in [6.45, 7) is 6.01. The second kappa shape index (κ2) is 7.14. The summed E-state index contributed by atoms with van der Waals surface area (Å²) in [5.41, 5.74) is 5.74. The molecular formula is C10H23N3O2. The molecule has 0 amide bonds. The van der Waals surface area contributed by atoms with Gasteiger partial charge in [-0.15, -0.1) is 0 Å². The van der Waals surface area contributed by atoms with Crippen molar-refractivity contribution < 1.29 is 9.84 Å². The van der Waals surface area contributed by atoms with Crippen LogP contribution in [0.2, 0.25) is 0 Å². The summed E-state index contributed by atoms with van der Waals surface area (Å²) in [7, 11) is 2.13. The second-order valence-corrected chi connectivity index (χ2v) is 4.02. The number of aliphatic hydroxyl groups is 1. The van der Waals surface area contributed by atoms with Crippen molar-refractivity contribution in [3.8, 4) is 0 Å². The Morgan fingerprint density at radius 2 is 2.20 bits per heavy atom. The molecule has 15 heavy (non-hydrogen) atoms. The Morgan fingerprint density at radius 3 is 2.87 bits per heavy atom. The Bertz CT molecular complexity index is 169. The van der Waals surface area contributed by atoms with Crippen molar-refractivity contribution in [2.45, 2.75) is 6.04 Å². The van der Waals surface area contributed by atoms with Crippen molar-refractivity contribution in [2.75, 3.05) is 59.6 Å². The molecule has 1 fully saturated rings. The van der Waals surface area contributed by atoms with Crippen LogP contribution in [0.5, 0.6) is 0 Å². The van der Waals surface area contributed by atoms with Gasteiger partial charge in [0.05, 0.1) is 19.8 Å². The van der Waals surface area contributed by atoms with Gasteiger partial charge in [0.15, 0.2) is 0 Å². The average molecular weight is 217 g/mol. The Hall–Kier alpha value is -0.200. The van der Waals surface area contributed by atoms with Crippen molar-refractivity contribution in [3.05, 3.63) is 0 Å². The summed E-state index contributed by atoms with van der Waals surface area (Å²) in [6.07, 6.45) is 0. The van der Waals surface area contributed by atoms with Gasteiger partial charge in [-0.1, -0.05) is 0 Å². The molecule has 0 aromatic rings. The highest BCUT2D eigenvalue weighted by Gasteiger charge is 2.23. The topological polar surface area (TPSA) is 62.0 Å². The van der Waals surface area contributed by atoms with E-state index >= 15 is 0 Å². The van der Waals surface area contributed by atoms with Crippen molar-refractivity contribution in [1.29, 1.82) is 0 Å². The lowest BCUT2D eigenvalue weighted by atomic mass is 10.2. The van der Waals surface area contributed by atoms with E-state index in [0.717, 1.165) is 26.2 Å². The summed E-state index contributed by atoms with van der Waals surface area (Å²) in [4.78, 5) is 4.68. The van der Waals surface area contributed by atoms with Gasteiger partial charge < -0.3 is 20.5 Å². The number of hydrogen-bond acceptors (Lipinski definition) is 5. The zero-order valence-electron chi connectivity index (χ0n) is 9.56. The molecule has 1 saturated heterocycles. The fourth-order valence-electron chi connectivity index (χ4n) is 1.91. The standard InChI is InChI=1S/C10H23N3O2/c1-12-2-3-13(10(8-11)9-12)4-6-15-7-5-14/h10,14H,2-9,11H2,1H3. The minimum Gasteiger partial charge on any atom is -0.394 e. The van der Waals surface area contributed by atoms with E-state index < -0.39 is 0 Å². The maximum atomic E-state index is 8.57. The number of piperazine rings is 1. The van der Waals surface area contributed by atoms with Crippen LogP contribution in [-0.2, 0) is 4.74 Å². The smallest absolute Gasteiger partial charge is 0.0698 e. The van der Waals surface area contributed by atoms with E-state index in [9.17, 15) is 0 Å². The lowest BCUT2D eigenvalue weighted by Crippen LogP contribution is -2.55. The molecule has 0 aromatic heterocycles. The Balaban J connectivity index is 2.20. The summed E-state index contributed by atoms with van der Waals surface area (Å²) >= 11 is 0. The molecule has 0 aromatic carbocycles. The second-order valence-electron chi connectivity index (χ2n) is 4.02. The average Bonchev–Trinajstić information content (AvgIpc) is 2.26. The molecule has 0 radical (unpaired) electrons. The molecule has 1 atom stereocenters. The molecule has 0 saturated carbocycles. The van der Waals surface area contributed by atoms with Crippen LogP contribution in [0.15, 0.2) is 0 Å². The minimum absolute atomic E-state index is 0.100. The molecule has 5 heteroatoms. The van der Waals surface area contributed by atoms with E-state index in [1.165, 1.54) is 0 Å². The van der Waals surface area contributed by atoms with Gasteiger partial charge in [0.2, 0.25) is 0 Å². The lowest BCUT2D eigenvalue weighted by Gasteiger charge is -2.39. The summed E-state index contributed by atoms with van der Waals surface area (Å²) in [6, 6.07) is 0.446. The fraction of sp³-hybridized carbons (Fsp3) is 1.00. The largest absolute Gasteiger partial charge is 0.394 e. The SMILES string of the molecule is CN1CCN(CCOCCO)C(CN)C1.